The highest BCUT2D eigenvalue weighted by molar-refractivity contribution is 5.78. The average molecular weight is 345 g/mol. The Morgan fingerprint density at radius 3 is 2.25 bits per heavy atom. The molecule has 1 aromatic rings. The minimum absolute atomic E-state index is 0.0716. The highest BCUT2D eigenvalue weighted by atomic mass is 19.4. The molecule has 0 unspecified atom stereocenters. The fourth-order valence-electron chi connectivity index (χ4n) is 2.61. The van der Waals surface area contributed by atoms with E-state index in [0.717, 1.165) is 12.1 Å². The number of rotatable bonds is 5. The van der Waals surface area contributed by atoms with E-state index in [1.165, 1.54) is 12.1 Å². The Labute approximate surface area is 137 Å². The number of ether oxygens (including phenoxy) is 1. The number of aliphatic carboxylic acids is 1. The van der Waals surface area contributed by atoms with Crippen molar-refractivity contribution in [2.45, 2.75) is 25.4 Å². The summed E-state index contributed by atoms with van der Waals surface area (Å²) in [5, 5.41) is 8.75. The Morgan fingerprint density at radius 2 is 1.75 bits per heavy atom. The first-order chi connectivity index (χ1) is 11.3. The first kappa shape index (κ1) is 18.1. The number of amides is 1. The first-order valence-corrected chi connectivity index (χ1v) is 7.55. The van der Waals surface area contributed by atoms with E-state index in [-0.39, 0.29) is 30.6 Å². The molecule has 5 nitrogen and oxygen atoms in total. The van der Waals surface area contributed by atoms with E-state index in [1.807, 2.05) is 0 Å². The fourth-order valence-corrected chi connectivity index (χ4v) is 2.61. The molecule has 2 rings (SSSR count). The summed E-state index contributed by atoms with van der Waals surface area (Å²) in [5.41, 5.74) is -0.776. The summed E-state index contributed by atoms with van der Waals surface area (Å²) < 4.78 is 42.6. The summed E-state index contributed by atoms with van der Waals surface area (Å²) in [5.74, 6) is -0.839. The van der Waals surface area contributed by atoms with E-state index in [2.05, 4.69) is 0 Å². The predicted octanol–water partition coefficient (Wildman–Crippen LogP) is 2.80. The number of hydrogen-bond acceptors (Lipinski definition) is 3. The van der Waals surface area contributed by atoms with E-state index in [0.29, 0.717) is 25.9 Å². The van der Waals surface area contributed by atoms with Crippen molar-refractivity contribution >= 4 is 11.9 Å². The van der Waals surface area contributed by atoms with Crippen LogP contribution in [0.25, 0.3) is 0 Å². The molecule has 0 radical (unpaired) electrons. The predicted molar refractivity (Wildman–Crippen MR) is 78.5 cm³/mol. The summed E-state index contributed by atoms with van der Waals surface area (Å²) in [6.45, 7) is 0.676. The van der Waals surface area contributed by atoms with E-state index < -0.39 is 17.7 Å². The highest BCUT2D eigenvalue weighted by Gasteiger charge is 2.30. The van der Waals surface area contributed by atoms with Gasteiger partial charge in [0.2, 0.25) is 0 Å². The van der Waals surface area contributed by atoms with Crippen LogP contribution in [0.5, 0.6) is 5.75 Å². The molecule has 24 heavy (non-hydrogen) atoms. The fraction of sp³-hybridized carbons (Fsp3) is 0.500. The van der Waals surface area contributed by atoms with Crippen molar-refractivity contribution in [1.82, 2.24) is 4.90 Å². The number of carbonyl (C=O) groups excluding carboxylic acids is 1. The van der Waals surface area contributed by atoms with E-state index in [9.17, 15) is 22.8 Å². The molecule has 1 amide bonds. The number of benzene rings is 1. The zero-order valence-corrected chi connectivity index (χ0v) is 12.9. The number of carboxylic acids is 1. The molecule has 1 heterocycles. The third-order valence-corrected chi connectivity index (χ3v) is 3.97. The maximum absolute atomic E-state index is 12.4. The molecule has 8 heteroatoms. The van der Waals surface area contributed by atoms with Crippen molar-refractivity contribution in [2.24, 2.45) is 5.92 Å². The van der Waals surface area contributed by atoms with Gasteiger partial charge in [0.15, 0.2) is 6.61 Å². The maximum atomic E-state index is 12.4. The van der Waals surface area contributed by atoms with Gasteiger partial charge in [-0.25, -0.2) is 0 Å². The lowest BCUT2D eigenvalue weighted by atomic mass is 9.94. The minimum atomic E-state index is -4.41. The molecular formula is C16H18F3NO4. The van der Waals surface area contributed by atoms with Gasteiger partial charge in [-0.1, -0.05) is 0 Å². The van der Waals surface area contributed by atoms with Crippen LogP contribution in [-0.4, -0.2) is 41.6 Å². The van der Waals surface area contributed by atoms with Gasteiger partial charge < -0.3 is 14.7 Å². The second-order valence-electron chi connectivity index (χ2n) is 5.73. The number of hydrogen-bond donors (Lipinski definition) is 1. The molecule has 0 aliphatic carbocycles. The molecular weight excluding hydrogens is 327 g/mol. The molecule has 132 valence electrons. The van der Waals surface area contributed by atoms with Crippen molar-refractivity contribution in [3.05, 3.63) is 29.8 Å². The number of likely N-dealkylation sites (tertiary alicyclic amines) is 1. The van der Waals surface area contributed by atoms with Crippen LogP contribution in [0.3, 0.4) is 0 Å². The summed E-state index contributed by atoms with van der Waals surface area (Å²) in [4.78, 5) is 24.3. The number of carboxylic acid groups (broad SMARTS) is 1. The second-order valence-corrected chi connectivity index (χ2v) is 5.73. The van der Waals surface area contributed by atoms with Crippen molar-refractivity contribution in [1.29, 1.82) is 0 Å². The SMILES string of the molecule is O=C(O)CC1CCN(C(=O)COc2ccc(C(F)(F)F)cc2)CC1. The van der Waals surface area contributed by atoms with Gasteiger partial charge in [0.05, 0.1) is 5.56 Å². The van der Waals surface area contributed by atoms with E-state index in [1.54, 1.807) is 4.90 Å². The van der Waals surface area contributed by atoms with Crippen molar-refractivity contribution in [3.63, 3.8) is 0 Å². The van der Waals surface area contributed by atoms with Gasteiger partial charge in [0.1, 0.15) is 5.75 Å². The van der Waals surface area contributed by atoms with Gasteiger partial charge in [-0.05, 0) is 43.0 Å². The molecule has 0 bridgehead atoms. The van der Waals surface area contributed by atoms with E-state index >= 15 is 0 Å². The van der Waals surface area contributed by atoms with Crippen LogP contribution in [0.1, 0.15) is 24.8 Å². The normalized spacial score (nSPS) is 16.0. The molecule has 1 aromatic carbocycles. The monoisotopic (exact) mass is 345 g/mol. The average Bonchev–Trinajstić information content (AvgIpc) is 2.52. The highest BCUT2D eigenvalue weighted by Crippen LogP contribution is 2.30. The maximum Gasteiger partial charge on any atom is 0.416 e. The summed E-state index contributed by atoms with van der Waals surface area (Å²) in [6, 6.07) is 4.15. The van der Waals surface area contributed by atoms with Crippen LogP contribution in [-0.2, 0) is 15.8 Å². The lowest BCUT2D eigenvalue weighted by Crippen LogP contribution is -2.41. The molecule has 1 fully saturated rings. The van der Waals surface area contributed by atoms with Gasteiger partial charge >= 0.3 is 12.1 Å². The molecule has 1 aliphatic rings. The topological polar surface area (TPSA) is 66.8 Å². The zero-order chi connectivity index (χ0) is 17.7. The van der Waals surface area contributed by atoms with Crippen LogP contribution < -0.4 is 4.74 Å². The van der Waals surface area contributed by atoms with Crippen LogP contribution in [0, 0.1) is 5.92 Å². The van der Waals surface area contributed by atoms with Gasteiger partial charge in [-0.3, -0.25) is 9.59 Å². The Balaban J connectivity index is 1.78. The summed E-state index contributed by atoms with van der Waals surface area (Å²) in [7, 11) is 0. The Kier molecular flexibility index (Phi) is 5.69. The standard InChI is InChI=1S/C16H18F3NO4/c17-16(18,19)12-1-3-13(4-2-12)24-10-14(21)20-7-5-11(6-8-20)9-15(22)23/h1-4,11H,5-10H2,(H,22,23). The molecule has 0 spiro atoms. The minimum Gasteiger partial charge on any atom is -0.484 e. The van der Waals surface area contributed by atoms with Crippen molar-refractivity contribution in [3.8, 4) is 5.75 Å². The first-order valence-electron chi connectivity index (χ1n) is 7.55. The Bertz CT molecular complexity index is 578. The van der Waals surface area contributed by atoms with Gasteiger partial charge in [0.25, 0.3) is 5.91 Å². The lowest BCUT2D eigenvalue weighted by Gasteiger charge is -2.31. The summed E-state index contributed by atoms with van der Waals surface area (Å²) >= 11 is 0. The van der Waals surface area contributed by atoms with Gasteiger partial charge in [0, 0.05) is 19.5 Å². The molecule has 0 saturated carbocycles. The lowest BCUT2D eigenvalue weighted by molar-refractivity contribution is -0.139. The van der Waals surface area contributed by atoms with Crippen molar-refractivity contribution in [2.75, 3.05) is 19.7 Å². The molecule has 1 N–H and O–H groups in total. The zero-order valence-electron chi connectivity index (χ0n) is 12.9. The summed E-state index contributed by atoms with van der Waals surface area (Å²) in [6.07, 6.45) is -3.06. The van der Waals surface area contributed by atoms with Gasteiger partial charge in [-0.2, -0.15) is 13.2 Å². The number of piperidine rings is 1. The number of carbonyl (C=O) groups is 2. The number of alkyl halides is 3. The number of halogens is 3. The smallest absolute Gasteiger partial charge is 0.416 e. The Morgan fingerprint density at radius 1 is 1.17 bits per heavy atom. The van der Waals surface area contributed by atoms with E-state index in [4.69, 9.17) is 9.84 Å². The Hall–Kier alpha value is -2.25. The van der Waals surface area contributed by atoms with Crippen LogP contribution in [0.4, 0.5) is 13.2 Å². The molecule has 1 aliphatic heterocycles. The van der Waals surface area contributed by atoms with Crippen LogP contribution in [0.15, 0.2) is 24.3 Å². The third kappa shape index (κ3) is 5.14. The largest absolute Gasteiger partial charge is 0.484 e. The number of nitrogens with zero attached hydrogens (tertiary/aromatic N) is 1. The molecule has 1 saturated heterocycles. The van der Waals surface area contributed by atoms with Crippen LogP contribution >= 0.6 is 0 Å². The quantitative estimate of drug-likeness (QED) is 0.891. The second kappa shape index (κ2) is 7.55. The van der Waals surface area contributed by atoms with Gasteiger partial charge in [-0.15, -0.1) is 0 Å². The molecule has 0 atom stereocenters. The van der Waals surface area contributed by atoms with Crippen molar-refractivity contribution < 1.29 is 32.6 Å². The van der Waals surface area contributed by atoms with Crippen LogP contribution in [0.2, 0.25) is 0 Å². The molecule has 0 aromatic heterocycles. The third-order valence-electron chi connectivity index (χ3n) is 3.97.